The number of halogens is 1. The Hall–Kier alpha value is -0.340. The van der Waals surface area contributed by atoms with Gasteiger partial charge in [-0.1, -0.05) is 53.7 Å². The molecule has 20 heavy (non-hydrogen) atoms. The van der Waals surface area contributed by atoms with Gasteiger partial charge in [0.15, 0.2) is 0 Å². The van der Waals surface area contributed by atoms with E-state index in [9.17, 15) is 0 Å². The van der Waals surface area contributed by atoms with Gasteiger partial charge in [-0.2, -0.15) is 0 Å². The highest BCUT2D eigenvalue weighted by atomic mass is 79.9. The molecule has 2 fully saturated rings. The van der Waals surface area contributed by atoms with Crippen LogP contribution in [0.5, 0.6) is 0 Å². The Kier molecular flexibility index (Phi) is 5.17. The number of hydrogen-bond acceptors (Lipinski definition) is 1. The molecule has 0 saturated heterocycles. The lowest BCUT2D eigenvalue weighted by molar-refractivity contribution is 0.287. The molecule has 1 aromatic rings. The van der Waals surface area contributed by atoms with Crippen LogP contribution in [0, 0.1) is 5.92 Å². The fourth-order valence-electron chi connectivity index (χ4n) is 3.79. The van der Waals surface area contributed by atoms with Crippen LogP contribution < -0.4 is 5.32 Å². The highest BCUT2D eigenvalue weighted by Gasteiger charge is 2.29. The molecule has 2 heteroatoms. The maximum absolute atomic E-state index is 3.74. The lowest BCUT2D eigenvalue weighted by atomic mass is 9.76. The van der Waals surface area contributed by atoms with E-state index >= 15 is 0 Å². The largest absolute Gasteiger partial charge is 0.314 e. The average Bonchev–Trinajstić information content (AvgIpc) is 2.91. The summed E-state index contributed by atoms with van der Waals surface area (Å²) in [5.74, 6) is 1.84. The highest BCUT2D eigenvalue weighted by Crippen LogP contribution is 2.37. The van der Waals surface area contributed by atoms with E-state index in [0.717, 1.165) is 17.9 Å². The van der Waals surface area contributed by atoms with Crippen molar-refractivity contribution in [1.29, 1.82) is 0 Å². The summed E-state index contributed by atoms with van der Waals surface area (Å²) in [6.07, 6.45) is 11.4. The molecule has 0 aliphatic heterocycles. The molecule has 2 aliphatic rings. The van der Waals surface area contributed by atoms with Crippen molar-refractivity contribution in [3.63, 3.8) is 0 Å². The Bertz CT molecular complexity index is 402. The molecule has 1 nitrogen and oxygen atoms in total. The Morgan fingerprint density at radius 1 is 1.05 bits per heavy atom. The molecule has 1 N–H and O–H groups in total. The van der Waals surface area contributed by atoms with Crippen molar-refractivity contribution < 1.29 is 0 Å². The van der Waals surface area contributed by atoms with Crippen molar-refractivity contribution in [2.45, 2.75) is 63.3 Å². The van der Waals surface area contributed by atoms with Gasteiger partial charge in [0.1, 0.15) is 0 Å². The van der Waals surface area contributed by atoms with Gasteiger partial charge < -0.3 is 5.32 Å². The quantitative estimate of drug-likeness (QED) is 0.699. The van der Waals surface area contributed by atoms with Crippen molar-refractivity contribution in [3.8, 4) is 0 Å². The zero-order valence-corrected chi connectivity index (χ0v) is 13.9. The van der Waals surface area contributed by atoms with E-state index in [2.05, 4.69) is 45.5 Å². The minimum Gasteiger partial charge on any atom is -0.314 e. The van der Waals surface area contributed by atoms with Gasteiger partial charge in [0.25, 0.3) is 0 Å². The standard InChI is InChI=1S/C18H26BrN/c19-17-9-7-15(8-10-17)16-12-18(13-16)20-11-3-6-14-4-1-2-5-14/h7-10,14,16,18,20H,1-6,11-13H2. The second-order valence-corrected chi connectivity index (χ2v) is 7.58. The summed E-state index contributed by atoms with van der Waals surface area (Å²) in [4.78, 5) is 0. The molecule has 0 atom stereocenters. The monoisotopic (exact) mass is 335 g/mol. The summed E-state index contributed by atoms with van der Waals surface area (Å²) in [7, 11) is 0. The second kappa shape index (κ2) is 7.09. The average molecular weight is 336 g/mol. The lowest BCUT2D eigenvalue weighted by Crippen LogP contribution is -2.40. The molecule has 2 aliphatic carbocycles. The number of benzene rings is 1. The molecule has 3 rings (SSSR count). The summed E-state index contributed by atoms with van der Waals surface area (Å²) in [6, 6.07) is 9.64. The van der Waals surface area contributed by atoms with Crippen LogP contribution in [0.2, 0.25) is 0 Å². The van der Waals surface area contributed by atoms with Gasteiger partial charge in [0, 0.05) is 10.5 Å². The van der Waals surface area contributed by atoms with Crippen LogP contribution >= 0.6 is 15.9 Å². The number of rotatable bonds is 6. The first kappa shape index (κ1) is 14.6. The molecule has 0 amide bonds. The lowest BCUT2D eigenvalue weighted by Gasteiger charge is -2.36. The SMILES string of the molecule is Brc1ccc(C2CC(NCCCC3CCCC3)C2)cc1. The van der Waals surface area contributed by atoms with E-state index < -0.39 is 0 Å². The van der Waals surface area contributed by atoms with Gasteiger partial charge >= 0.3 is 0 Å². The molecule has 0 aromatic heterocycles. The van der Waals surface area contributed by atoms with Crippen LogP contribution in [0.15, 0.2) is 28.7 Å². The third-order valence-electron chi connectivity index (χ3n) is 5.18. The van der Waals surface area contributed by atoms with Crippen LogP contribution in [0.1, 0.15) is 62.8 Å². The molecule has 0 bridgehead atoms. The van der Waals surface area contributed by atoms with Crippen molar-refractivity contribution in [2.24, 2.45) is 5.92 Å². The van der Waals surface area contributed by atoms with E-state index in [1.165, 1.54) is 67.9 Å². The summed E-state index contributed by atoms with van der Waals surface area (Å²) < 4.78 is 1.18. The van der Waals surface area contributed by atoms with Gasteiger partial charge in [-0.3, -0.25) is 0 Å². The first-order valence-corrected chi connectivity index (χ1v) is 9.09. The zero-order chi connectivity index (χ0) is 13.8. The summed E-state index contributed by atoms with van der Waals surface area (Å²) >= 11 is 3.50. The third-order valence-corrected chi connectivity index (χ3v) is 5.71. The van der Waals surface area contributed by atoms with Crippen molar-refractivity contribution in [3.05, 3.63) is 34.3 Å². The van der Waals surface area contributed by atoms with Gasteiger partial charge in [-0.15, -0.1) is 0 Å². The summed E-state index contributed by atoms with van der Waals surface area (Å²) in [5.41, 5.74) is 1.51. The Labute approximate surface area is 131 Å². The smallest absolute Gasteiger partial charge is 0.0175 e. The van der Waals surface area contributed by atoms with Crippen molar-refractivity contribution in [2.75, 3.05) is 6.54 Å². The molecule has 0 unspecified atom stereocenters. The molecule has 1 aromatic carbocycles. The van der Waals surface area contributed by atoms with Crippen molar-refractivity contribution in [1.82, 2.24) is 5.32 Å². The van der Waals surface area contributed by atoms with Crippen LogP contribution in [-0.4, -0.2) is 12.6 Å². The fourth-order valence-corrected chi connectivity index (χ4v) is 4.05. The molecule has 2 saturated carbocycles. The van der Waals surface area contributed by atoms with Gasteiger partial charge in [-0.25, -0.2) is 0 Å². The second-order valence-electron chi connectivity index (χ2n) is 6.66. The van der Waals surface area contributed by atoms with E-state index in [1.54, 1.807) is 0 Å². The minimum absolute atomic E-state index is 0.771. The first-order valence-electron chi connectivity index (χ1n) is 8.30. The summed E-state index contributed by atoms with van der Waals surface area (Å²) in [6.45, 7) is 1.23. The van der Waals surface area contributed by atoms with E-state index in [0.29, 0.717) is 0 Å². The number of nitrogens with one attached hydrogen (secondary N) is 1. The van der Waals surface area contributed by atoms with Gasteiger partial charge in [-0.05, 0) is 61.8 Å². The third kappa shape index (κ3) is 3.85. The van der Waals surface area contributed by atoms with E-state index in [-0.39, 0.29) is 0 Å². The minimum atomic E-state index is 0.771. The maximum atomic E-state index is 3.74. The molecular weight excluding hydrogens is 310 g/mol. The molecule has 110 valence electrons. The van der Waals surface area contributed by atoms with E-state index in [1.807, 2.05) is 0 Å². The Balaban J connectivity index is 1.29. The fraction of sp³-hybridized carbons (Fsp3) is 0.667. The van der Waals surface area contributed by atoms with Crippen LogP contribution in [0.3, 0.4) is 0 Å². The number of hydrogen-bond donors (Lipinski definition) is 1. The molecule has 0 spiro atoms. The Morgan fingerprint density at radius 2 is 1.75 bits per heavy atom. The van der Waals surface area contributed by atoms with Crippen LogP contribution in [0.25, 0.3) is 0 Å². The zero-order valence-electron chi connectivity index (χ0n) is 12.3. The molecular formula is C18H26BrN. The summed E-state index contributed by atoms with van der Waals surface area (Å²) in [5, 5.41) is 3.74. The first-order chi connectivity index (χ1) is 9.81. The van der Waals surface area contributed by atoms with Crippen molar-refractivity contribution >= 4 is 15.9 Å². The maximum Gasteiger partial charge on any atom is 0.0175 e. The molecule has 0 radical (unpaired) electrons. The predicted octanol–water partition coefficient (Wildman–Crippen LogP) is 5.26. The normalized spacial score (nSPS) is 26.6. The highest BCUT2D eigenvalue weighted by molar-refractivity contribution is 9.10. The topological polar surface area (TPSA) is 12.0 Å². The van der Waals surface area contributed by atoms with Crippen LogP contribution in [-0.2, 0) is 0 Å². The Morgan fingerprint density at radius 3 is 2.45 bits per heavy atom. The predicted molar refractivity (Wildman–Crippen MR) is 89.1 cm³/mol. The van der Waals surface area contributed by atoms with Gasteiger partial charge in [0.05, 0.1) is 0 Å². The van der Waals surface area contributed by atoms with Crippen LogP contribution in [0.4, 0.5) is 0 Å². The molecule has 0 heterocycles. The van der Waals surface area contributed by atoms with E-state index in [4.69, 9.17) is 0 Å². The van der Waals surface area contributed by atoms with Gasteiger partial charge in [0.2, 0.25) is 0 Å².